The van der Waals surface area contributed by atoms with Crippen LogP contribution in [0.5, 0.6) is 0 Å². The molecule has 3 aromatic rings. The molecule has 2 aliphatic heterocycles. The van der Waals surface area contributed by atoms with Crippen molar-refractivity contribution in [3.63, 3.8) is 0 Å². The number of carbonyl (C=O) groups excluding carboxylic acids is 1. The number of rotatable bonds is 7. The van der Waals surface area contributed by atoms with E-state index in [0.29, 0.717) is 41.1 Å². The quantitative estimate of drug-likeness (QED) is 0.482. The third kappa shape index (κ3) is 5.18. The standard InChI is InChI=1S/C24H21F3N6O3S/c25-24(26,27)18-14-29-23(30-17-7-8-19-16(11-17)12-21(34)31-19)32-22(18)28-13-15-5-1-2-6-20(15)37(35,36)33-9-3-4-10-33/h1-2,5-8,11-12,14H,3-4,9-10,13H2,(H2,28,29,30,32). The first kappa shape index (κ1) is 24.8. The van der Waals surface area contributed by atoms with Gasteiger partial charge in [-0.3, -0.25) is 4.79 Å². The molecule has 0 unspecified atom stereocenters. The predicted octanol–water partition coefficient (Wildman–Crippen LogP) is 2.58. The number of nitrogens with zero attached hydrogens (tertiary/aromatic N) is 4. The maximum atomic E-state index is 13.7. The number of hydrogen-bond acceptors (Lipinski definition) is 7. The number of aromatic nitrogens is 2. The molecule has 9 nitrogen and oxygen atoms in total. The summed E-state index contributed by atoms with van der Waals surface area (Å²) in [6, 6.07) is 11.0. The number of hydrogen-bond donors (Lipinski definition) is 2. The van der Waals surface area contributed by atoms with Gasteiger partial charge in [-0.05, 0) is 42.7 Å². The van der Waals surface area contributed by atoms with E-state index in [9.17, 15) is 26.4 Å². The van der Waals surface area contributed by atoms with Crippen LogP contribution in [0.25, 0.3) is 6.08 Å². The van der Waals surface area contributed by atoms with E-state index in [2.05, 4.69) is 25.6 Å². The summed E-state index contributed by atoms with van der Waals surface area (Å²) < 4.78 is 68.7. The lowest BCUT2D eigenvalue weighted by Crippen LogP contribution is -2.29. The molecule has 1 amide bonds. The molecule has 2 aromatic carbocycles. The lowest BCUT2D eigenvalue weighted by Gasteiger charge is -2.19. The highest BCUT2D eigenvalue weighted by molar-refractivity contribution is 7.89. The van der Waals surface area contributed by atoms with Crippen LogP contribution in [0.2, 0.25) is 0 Å². The molecule has 0 aliphatic carbocycles. The van der Waals surface area contributed by atoms with E-state index in [-0.39, 0.29) is 17.4 Å². The normalized spacial score (nSPS) is 15.7. The van der Waals surface area contributed by atoms with Gasteiger partial charge in [-0.15, -0.1) is 0 Å². The third-order valence-corrected chi connectivity index (χ3v) is 7.99. The zero-order valence-electron chi connectivity index (χ0n) is 19.3. The van der Waals surface area contributed by atoms with E-state index in [1.807, 2.05) is 0 Å². The Labute approximate surface area is 209 Å². The van der Waals surface area contributed by atoms with Crippen LogP contribution < -0.4 is 21.2 Å². The first-order chi connectivity index (χ1) is 17.6. The highest BCUT2D eigenvalue weighted by Gasteiger charge is 2.35. The third-order valence-electron chi connectivity index (χ3n) is 5.99. The van der Waals surface area contributed by atoms with Crippen LogP contribution in [-0.2, 0) is 27.5 Å². The SMILES string of the molecule is O=C1C=c2cc(Nc3ncc(C(F)(F)F)c(NCc4ccccc4S(=O)(=O)N4CCCC4)n3)ccc2=N1. The van der Waals surface area contributed by atoms with E-state index in [4.69, 9.17) is 0 Å². The fourth-order valence-electron chi connectivity index (χ4n) is 4.20. The van der Waals surface area contributed by atoms with Gasteiger partial charge in [0.15, 0.2) is 0 Å². The number of amides is 1. The summed E-state index contributed by atoms with van der Waals surface area (Å²) in [5.74, 6) is -1.01. The van der Waals surface area contributed by atoms with Crippen molar-refractivity contribution >= 4 is 39.5 Å². The number of sulfonamides is 1. The van der Waals surface area contributed by atoms with Crippen LogP contribution in [0.15, 0.2) is 58.5 Å². The lowest BCUT2D eigenvalue weighted by molar-refractivity contribution is -0.137. The van der Waals surface area contributed by atoms with Gasteiger partial charge in [0.05, 0.1) is 10.3 Å². The zero-order valence-corrected chi connectivity index (χ0v) is 20.1. The molecule has 1 fully saturated rings. The van der Waals surface area contributed by atoms with Crippen LogP contribution in [-0.4, -0.2) is 41.7 Å². The topological polar surface area (TPSA) is 117 Å². The Morgan fingerprint density at radius 3 is 2.57 bits per heavy atom. The molecule has 1 aromatic heterocycles. The molecule has 5 rings (SSSR count). The van der Waals surface area contributed by atoms with Gasteiger partial charge >= 0.3 is 6.18 Å². The Bertz CT molecular complexity index is 1600. The number of alkyl halides is 3. The molecule has 2 N–H and O–H groups in total. The molecule has 0 bridgehead atoms. The van der Waals surface area contributed by atoms with Gasteiger partial charge in [0.25, 0.3) is 5.91 Å². The molecule has 0 spiro atoms. The Balaban J connectivity index is 1.43. The number of benzene rings is 2. The van der Waals surface area contributed by atoms with Crippen molar-refractivity contribution in [2.24, 2.45) is 4.99 Å². The van der Waals surface area contributed by atoms with Gasteiger partial charge in [0, 0.05) is 42.8 Å². The average Bonchev–Trinajstić information content (AvgIpc) is 3.52. The molecule has 37 heavy (non-hydrogen) atoms. The number of nitrogens with one attached hydrogen (secondary N) is 2. The van der Waals surface area contributed by atoms with Crippen molar-refractivity contribution in [2.75, 3.05) is 23.7 Å². The monoisotopic (exact) mass is 530 g/mol. The van der Waals surface area contributed by atoms with Crippen LogP contribution in [0.4, 0.5) is 30.6 Å². The molecular formula is C24H21F3N6O3S. The van der Waals surface area contributed by atoms with Crippen molar-refractivity contribution in [3.05, 3.63) is 70.4 Å². The lowest BCUT2D eigenvalue weighted by atomic mass is 10.2. The minimum absolute atomic E-state index is 0.0414. The Kier molecular flexibility index (Phi) is 6.42. The smallest absolute Gasteiger partial charge is 0.365 e. The Morgan fingerprint density at radius 1 is 1.05 bits per heavy atom. The Hall–Kier alpha value is -3.84. The van der Waals surface area contributed by atoms with Gasteiger partial charge < -0.3 is 10.6 Å². The summed E-state index contributed by atoms with van der Waals surface area (Å²) in [6.07, 6.45) is -1.22. The number of anilines is 3. The molecule has 192 valence electrons. The fourth-order valence-corrected chi connectivity index (χ4v) is 5.93. The van der Waals surface area contributed by atoms with E-state index >= 15 is 0 Å². The minimum Gasteiger partial charge on any atom is -0.365 e. The predicted molar refractivity (Wildman–Crippen MR) is 129 cm³/mol. The number of fused-ring (bicyclic) bond motifs is 1. The molecule has 2 aliphatic rings. The fraction of sp³-hybridized carbons (Fsp3) is 0.250. The molecular weight excluding hydrogens is 509 g/mol. The van der Waals surface area contributed by atoms with Gasteiger partial charge in [-0.1, -0.05) is 18.2 Å². The molecule has 1 saturated heterocycles. The van der Waals surface area contributed by atoms with Gasteiger partial charge in [0.1, 0.15) is 11.4 Å². The van der Waals surface area contributed by atoms with Crippen LogP contribution in [0.3, 0.4) is 0 Å². The van der Waals surface area contributed by atoms with E-state index in [1.165, 1.54) is 16.4 Å². The van der Waals surface area contributed by atoms with Crippen molar-refractivity contribution < 1.29 is 26.4 Å². The van der Waals surface area contributed by atoms with Crippen molar-refractivity contribution in [1.82, 2.24) is 14.3 Å². The van der Waals surface area contributed by atoms with Crippen molar-refractivity contribution in [3.8, 4) is 0 Å². The summed E-state index contributed by atoms with van der Waals surface area (Å²) in [5, 5.41) is 6.55. The maximum absolute atomic E-state index is 13.7. The van der Waals surface area contributed by atoms with Crippen LogP contribution >= 0.6 is 0 Å². The second-order valence-electron chi connectivity index (χ2n) is 8.52. The minimum atomic E-state index is -4.74. The molecule has 0 atom stereocenters. The van der Waals surface area contributed by atoms with Gasteiger partial charge in [-0.2, -0.15) is 22.5 Å². The average molecular weight is 531 g/mol. The second-order valence-corrected chi connectivity index (χ2v) is 10.4. The van der Waals surface area contributed by atoms with Gasteiger partial charge in [-0.25, -0.2) is 18.4 Å². The summed E-state index contributed by atoms with van der Waals surface area (Å²) in [7, 11) is -3.78. The van der Waals surface area contributed by atoms with E-state index in [0.717, 1.165) is 12.8 Å². The second kappa shape index (κ2) is 9.56. The zero-order chi connectivity index (χ0) is 26.2. The molecule has 3 heterocycles. The van der Waals surface area contributed by atoms with Crippen LogP contribution in [0.1, 0.15) is 24.0 Å². The van der Waals surface area contributed by atoms with E-state index < -0.39 is 33.5 Å². The number of carbonyl (C=O) groups is 1. The van der Waals surface area contributed by atoms with E-state index in [1.54, 1.807) is 36.4 Å². The molecule has 0 saturated carbocycles. The summed E-state index contributed by atoms with van der Waals surface area (Å²) in [6.45, 7) is 0.609. The highest BCUT2D eigenvalue weighted by Crippen LogP contribution is 2.34. The molecule has 13 heteroatoms. The highest BCUT2D eigenvalue weighted by atomic mass is 32.2. The molecule has 0 radical (unpaired) electrons. The van der Waals surface area contributed by atoms with Gasteiger partial charge in [0.2, 0.25) is 16.0 Å². The van der Waals surface area contributed by atoms with Crippen LogP contribution in [0, 0.1) is 0 Å². The summed E-state index contributed by atoms with van der Waals surface area (Å²) >= 11 is 0. The number of halogens is 3. The maximum Gasteiger partial charge on any atom is 0.421 e. The largest absolute Gasteiger partial charge is 0.421 e. The first-order valence-electron chi connectivity index (χ1n) is 11.4. The summed E-state index contributed by atoms with van der Waals surface area (Å²) in [5.41, 5.74) is -0.324. The summed E-state index contributed by atoms with van der Waals surface area (Å²) in [4.78, 5) is 23.1. The van der Waals surface area contributed by atoms with Crippen molar-refractivity contribution in [2.45, 2.75) is 30.5 Å². The Morgan fingerprint density at radius 2 is 1.81 bits per heavy atom. The first-order valence-corrected chi connectivity index (χ1v) is 12.8. The van der Waals surface area contributed by atoms with Crippen molar-refractivity contribution in [1.29, 1.82) is 0 Å².